The number of aliphatic imine (C=N–C) groups is 1. The van der Waals surface area contributed by atoms with Crippen LogP contribution in [0, 0.1) is 0 Å². The number of hydrogen-bond acceptors (Lipinski definition) is 2. The fourth-order valence-electron chi connectivity index (χ4n) is 3.35. The highest BCUT2D eigenvalue weighted by Crippen LogP contribution is 2.36. The summed E-state index contributed by atoms with van der Waals surface area (Å²) in [6.07, 6.45) is 3.67. The third kappa shape index (κ3) is 4.67. The zero-order chi connectivity index (χ0) is 19.9. The summed E-state index contributed by atoms with van der Waals surface area (Å²) in [4.78, 5) is 9.17. The number of aromatic nitrogens is 1. The van der Waals surface area contributed by atoms with Gasteiger partial charge in [0.05, 0.1) is 11.7 Å². The Hall–Kier alpha value is -3.09. The molecule has 0 aliphatic rings. The molecule has 4 aromatic rings. The highest BCUT2D eigenvalue weighted by molar-refractivity contribution is 7.79. The van der Waals surface area contributed by atoms with Crippen molar-refractivity contribution < 1.29 is 0 Å². The van der Waals surface area contributed by atoms with Crippen molar-refractivity contribution in [3.8, 4) is 0 Å². The monoisotopic (exact) mass is 394 g/mol. The second kappa shape index (κ2) is 9.41. The van der Waals surface area contributed by atoms with Crippen molar-refractivity contribution in [1.29, 1.82) is 0 Å². The Labute approximate surface area is 173 Å². The van der Waals surface area contributed by atoms with Crippen LogP contribution in [0.25, 0.3) is 0 Å². The second-order valence-corrected chi connectivity index (χ2v) is 8.96. The van der Waals surface area contributed by atoms with Crippen LogP contribution in [0.4, 0.5) is 0 Å². The van der Waals surface area contributed by atoms with Crippen molar-refractivity contribution >= 4 is 30.0 Å². The zero-order valence-corrected chi connectivity index (χ0v) is 17.3. The molecule has 4 rings (SSSR count). The van der Waals surface area contributed by atoms with Crippen LogP contribution in [-0.2, 0) is 0 Å². The molecule has 0 aliphatic carbocycles. The topological polar surface area (TPSA) is 25.2 Å². The largest absolute Gasteiger partial charge is 0.283 e. The summed E-state index contributed by atoms with van der Waals surface area (Å²) in [5.74, 6) is 0. The molecule has 1 heterocycles. The molecule has 0 bridgehead atoms. The van der Waals surface area contributed by atoms with Crippen molar-refractivity contribution in [2.75, 3.05) is 0 Å². The molecule has 1 unspecified atom stereocenters. The maximum Gasteiger partial charge on any atom is 0.0808 e. The highest BCUT2D eigenvalue weighted by Gasteiger charge is 2.21. The van der Waals surface area contributed by atoms with E-state index < -0.39 is 7.92 Å². The van der Waals surface area contributed by atoms with E-state index in [0.717, 1.165) is 5.69 Å². The summed E-state index contributed by atoms with van der Waals surface area (Å²) in [7, 11) is -0.654. The average molecular weight is 394 g/mol. The van der Waals surface area contributed by atoms with Crippen LogP contribution >= 0.6 is 7.92 Å². The lowest BCUT2D eigenvalue weighted by Gasteiger charge is -2.23. The van der Waals surface area contributed by atoms with Crippen LogP contribution in [-0.4, -0.2) is 11.2 Å². The lowest BCUT2D eigenvalue weighted by molar-refractivity contribution is 0.830. The van der Waals surface area contributed by atoms with E-state index in [1.165, 1.54) is 21.5 Å². The molecular formula is C26H23N2P. The molecule has 1 atom stereocenters. The number of benzene rings is 3. The predicted octanol–water partition coefficient (Wildman–Crippen LogP) is 5.02. The van der Waals surface area contributed by atoms with Crippen LogP contribution in [0.2, 0.25) is 0 Å². The summed E-state index contributed by atoms with van der Waals surface area (Å²) < 4.78 is 0. The summed E-state index contributed by atoms with van der Waals surface area (Å²) in [6, 6.07) is 36.2. The van der Waals surface area contributed by atoms with Gasteiger partial charge in [-0.15, -0.1) is 0 Å². The van der Waals surface area contributed by atoms with Gasteiger partial charge in [-0.3, -0.25) is 9.98 Å². The minimum absolute atomic E-state index is 0.0469. The Bertz CT molecular complexity index is 1020. The third-order valence-electron chi connectivity index (χ3n) is 4.77. The lowest BCUT2D eigenvalue weighted by atomic mass is 10.1. The van der Waals surface area contributed by atoms with Gasteiger partial charge in [0.15, 0.2) is 0 Å². The fourth-order valence-corrected chi connectivity index (χ4v) is 5.90. The van der Waals surface area contributed by atoms with E-state index in [1.807, 2.05) is 24.4 Å². The molecule has 0 fully saturated rings. The summed E-state index contributed by atoms with van der Waals surface area (Å²) in [5, 5.41) is 4.05. The summed E-state index contributed by atoms with van der Waals surface area (Å²) in [5.41, 5.74) is 2.14. The molecule has 0 N–H and O–H groups in total. The van der Waals surface area contributed by atoms with Crippen LogP contribution in [0.5, 0.6) is 0 Å². The molecule has 0 saturated carbocycles. The van der Waals surface area contributed by atoms with Crippen molar-refractivity contribution in [1.82, 2.24) is 4.98 Å². The Morgan fingerprint density at radius 1 is 0.724 bits per heavy atom. The number of rotatable bonds is 6. The highest BCUT2D eigenvalue weighted by atomic mass is 31.1. The van der Waals surface area contributed by atoms with Gasteiger partial charge >= 0.3 is 0 Å². The Morgan fingerprint density at radius 2 is 1.31 bits per heavy atom. The van der Waals surface area contributed by atoms with E-state index in [-0.39, 0.29) is 6.04 Å². The van der Waals surface area contributed by atoms with Gasteiger partial charge < -0.3 is 0 Å². The van der Waals surface area contributed by atoms with Gasteiger partial charge in [0.25, 0.3) is 0 Å². The first-order valence-corrected chi connectivity index (χ1v) is 11.1. The Kier molecular flexibility index (Phi) is 6.24. The molecule has 142 valence electrons. The average Bonchev–Trinajstić information content (AvgIpc) is 2.80. The molecule has 1 aromatic heterocycles. The van der Waals surface area contributed by atoms with Gasteiger partial charge in [0, 0.05) is 12.4 Å². The third-order valence-corrected chi connectivity index (χ3v) is 7.29. The van der Waals surface area contributed by atoms with Crippen LogP contribution in [0.1, 0.15) is 24.2 Å². The Morgan fingerprint density at radius 3 is 1.93 bits per heavy atom. The summed E-state index contributed by atoms with van der Waals surface area (Å²) in [6.45, 7) is 2.15. The van der Waals surface area contributed by atoms with Crippen LogP contribution in [0.3, 0.4) is 0 Å². The van der Waals surface area contributed by atoms with E-state index in [0.29, 0.717) is 0 Å². The predicted molar refractivity (Wildman–Crippen MR) is 125 cm³/mol. The first kappa shape index (κ1) is 19.2. The van der Waals surface area contributed by atoms with E-state index >= 15 is 0 Å². The maximum atomic E-state index is 4.82. The van der Waals surface area contributed by atoms with Crippen molar-refractivity contribution in [3.05, 3.63) is 121 Å². The van der Waals surface area contributed by atoms with Crippen molar-refractivity contribution in [2.45, 2.75) is 13.0 Å². The minimum Gasteiger partial charge on any atom is -0.283 e. The van der Waals surface area contributed by atoms with Crippen molar-refractivity contribution in [2.24, 2.45) is 4.99 Å². The number of nitrogens with zero attached hydrogens (tertiary/aromatic N) is 2. The van der Waals surface area contributed by atoms with Gasteiger partial charge in [0.1, 0.15) is 0 Å². The fraction of sp³-hybridized carbons (Fsp3) is 0.0769. The van der Waals surface area contributed by atoms with E-state index in [1.54, 1.807) is 6.20 Å². The standard InChI is InChI=1S/C26H23N2P/c1-21(28-20-22-12-10-11-19-27-22)25-17-8-9-18-26(25)29(23-13-4-2-5-14-23)24-15-6-3-7-16-24/h2-21H,1H3. The minimum atomic E-state index is -0.654. The molecule has 29 heavy (non-hydrogen) atoms. The number of pyridine rings is 1. The molecule has 3 heteroatoms. The van der Waals surface area contributed by atoms with E-state index in [4.69, 9.17) is 4.99 Å². The normalized spacial score (nSPS) is 12.3. The van der Waals surface area contributed by atoms with Crippen molar-refractivity contribution in [3.63, 3.8) is 0 Å². The smallest absolute Gasteiger partial charge is 0.0808 e. The molecule has 0 radical (unpaired) electrons. The first-order valence-electron chi connectivity index (χ1n) is 9.76. The molecule has 0 saturated heterocycles. The van der Waals surface area contributed by atoms with Crippen LogP contribution < -0.4 is 15.9 Å². The quantitative estimate of drug-likeness (QED) is 0.333. The zero-order valence-electron chi connectivity index (χ0n) is 16.4. The molecule has 0 aliphatic heterocycles. The van der Waals surface area contributed by atoms with Crippen LogP contribution in [0.15, 0.2) is 114 Å². The SMILES string of the molecule is CC(N=Cc1ccccn1)c1ccccc1P(c1ccccc1)c1ccccc1. The summed E-state index contributed by atoms with van der Waals surface area (Å²) >= 11 is 0. The van der Waals surface area contributed by atoms with Gasteiger partial charge in [-0.1, -0.05) is 91.0 Å². The maximum absolute atomic E-state index is 4.82. The van der Waals surface area contributed by atoms with Gasteiger partial charge in [-0.05, 0) is 48.5 Å². The second-order valence-electron chi connectivity index (χ2n) is 6.77. The molecule has 2 nitrogen and oxygen atoms in total. The lowest BCUT2D eigenvalue weighted by Crippen LogP contribution is -2.23. The van der Waals surface area contributed by atoms with E-state index in [2.05, 4.69) is 96.8 Å². The first-order chi connectivity index (χ1) is 14.3. The molecule has 3 aromatic carbocycles. The van der Waals surface area contributed by atoms with Gasteiger partial charge in [-0.25, -0.2) is 0 Å². The molecule has 0 amide bonds. The Balaban J connectivity index is 1.76. The molecule has 0 spiro atoms. The van der Waals surface area contributed by atoms with Gasteiger partial charge in [0.2, 0.25) is 0 Å². The molecular weight excluding hydrogens is 371 g/mol. The number of hydrogen-bond donors (Lipinski definition) is 0. The van der Waals surface area contributed by atoms with E-state index in [9.17, 15) is 0 Å². The van der Waals surface area contributed by atoms with Gasteiger partial charge in [-0.2, -0.15) is 0 Å².